The number of ether oxygens (including phenoxy) is 2. The van der Waals surface area contributed by atoms with Gasteiger partial charge in [0.15, 0.2) is 5.79 Å². The molecule has 0 bridgehead atoms. The number of rotatable bonds is 9. The molecule has 1 aliphatic heterocycles. The van der Waals surface area contributed by atoms with Crippen molar-refractivity contribution >= 4 is 0 Å². The molecular formula is C16H34NO2+. The molecule has 0 spiro atoms. The van der Waals surface area contributed by atoms with E-state index in [-0.39, 0.29) is 11.9 Å². The molecule has 0 aromatic rings. The minimum absolute atomic E-state index is 0.255. The van der Waals surface area contributed by atoms with E-state index in [1.54, 1.807) is 0 Å². The Labute approximate surface area is 119 Å². The average molecular weight is 272 g/mol. The van der Waals surface area contributed by atoms with Crippen molar-refractivity contribution in [2.75, 3.05) is 34.3 Å². The van der Waals surface area contributed by atoms with Crippen LogP contribution in [0.25, 0.3) is 0 Å². The molecule has 0 radical (unpaired) electrons. The minimum Gasteiger partial charge on any atom is -0.347 e. The Hall–Kier alpha value is -0.120. The highest BCUT2D eigenvalue weighted by Gasteiger charge is 2.38. The first kappa shape index (κ1) is 16.9. The predicted octanol–water partition coefficient (Wildman–Crippen LogP) is 3.57. The van der Waals surface area contributed by atoms with Crippen LogP contribution in [0.2, 0.25) is 0 Å². The number of nitrogens with zero attached hydrogens (tertiary/aromatic N) is 1. The van der Waals surface area contributed by atoms with Crippen molar-refractivity contribution in [3.8, 4) is 0 Å². The van der Waals surface area contributed by atoms with Gasteiger partial charge in [0.1, 0.15) is 12.6 Å². The number of unbranched alkanes of at least 4 members (excludes halogenated alkanes) is 5. The van der Waals surface area contributed by atoms with Gasteiger partial charge in [0, 0.05) is 6.42 Å². The lowest BCUT2D eigenvalue weighted by molar-refractivity contribution is -0.873. The van der Waals surface area contributed by atoms with Gasteiger partial charge in [-0.1, -0.05) is 39.0 Å². The van der Waals surface area contributed by atoms with Gasteiger partial charge >= 0.3 is 0 Å². The van der Waals surface area contributed by atoms with E-state index in [2.05, 4.69) is 35.0 Å². The van der Waals surface area contributed by atoms with E-state index < -0.39 is 0 Å². The van der Waals surface area contributed by atoms with Crippen LogP contribution in [0.15, 0.2) is 0 Å². The summed E-state index contributed by atoms with van der Waals surface area (Å²) in [5, 5.41) is 0. The Bertz CT molecular complexity index is 250. The maximum absolute atomic E-state index is 6.11. The molecule has 1 aliphatic rings. The van der Waals surface area contributed by atoms with Crippen molar-refractivity contribution in [3.63, 3.8) is 0 Å². The molecule has 19 heavy (non-hydrogen) atoms. The maximum Gasteiger partial charge on any atom is 0.166 e. The Balaban J connectivity index is 2.16. The molecule has 0 N–H and O–H groups in total. The molecule has 1 heterocycles. The smallest absolute Gasteiger partial charge is 0.166 e. The van der Waals surface area contributed by atoms with Crippen LogP contribution in [0.5, 0.6) is 0 Å². The van der Waals surface area contributed by atoms with Gasteiger partial charge in [0.2, 0.25) is 0 Å². The highest BCUT2D eigenvalue weighted by atomic mass is 16.7. The van der Waals surface area contributed by atoms with Crippen LogP contribution in [0.1, 0.15) is 58.8 Å². The van der Waals surface area contributed by atoms with Crippen LogP contribution >= 0.6 is 0 Å². The lowest BCUT2D eigenvalue weighted by atomic mass is 10.1. The van der Waals surface area contributed by atoms with Crippen molar-refractivity contribution in [1.82, 2.24) is 0 Å². The van der Waals surface area contributed by atoms with Crippen molar-refractivity contribution in [2.24, 2.45) is 0 Å². The first-order chi connectivity index (χ1) is 8.85. The predicted molar refractivity (Wildman–Crippen MR) is 80.1 cm³/mol. The zero-order valence-electron chi connectivity index (χ0n) is 13.7. The molecule has 1 fully saturated rings. The quantitative estimate of drug-likeness (QED) is 0.472. The van der Waals surface area contributed by atoms with Gasteiger partial charge in [-0.15, -0.1) is 0 Å². The Morgan fingerprint density at radius 1 is 1.05 bits per heavy atom. The standard InChI is InChI=1S/C16H34NO2/c1-6-7-8-9-10-11-12-16(2)18-14-15(19-16)13-17(3,4)5/h15H,6-14H2,1-5H3/q+1. The molecule has 2 atom stereocenters. The Kier molecular flexibility index (Phi) is 6.78. The lowest BCUT2D eigenvalue weighted by Crippen LogP contribution is -2.42. The largest absolute Gasteiger partial charge is 0.347 e. The third-order valence-corrected chi connectivity index (χ3v) is 3.73. The Morgan fingerprint density at radius 2 is 1.68 bits per heavy atom. The summed E-state index contributed by atoms with van der Waals surface area (Å²) in [5.74, 6) is -0.329. The number of likely N-dealkylation sites (N-methyl/N-ethyl adjacent to an activating group) is 1. The van der Waals surface area contributed by atoms with Gasteiger partial charge in [0.05, 0.1) is 27.7 Å². The van der Waals surface area contributed by atoms with Gasteiger partial charge in [-0.3, -0.25) is 0 Å². The van der Waals surface area contributed by atoms with E-state index in [1.165, 1.54) is 38.5 Å². The van der Waals surface area contributed by atoms with Crippen LogP contribution in [0.4, 0.5) is 0 Å². The summed E-state index contributed by atoms with van der Waals surface area (Å²) >= 11 is 0. The van der Waals surface area contributed by atoms with Crippen LogP contribution in [0, 0.1) is 0 Å². The molecule has 0 saturated carbocycles. The van der Waals surface area contributed by atoms with Crippen molar-refractivity contribution in [3.05, 3.63) is 0 Å². The van der Waals surface area contributed by atoms with Gasteiger partial charge in [0.25, 0.3) is 0 Å². The summed E-state index contributed by atoms with van der Waals surface area (Å²) in [5.41, 5.74) is 0. The molecular weight excluding hydrogens is 238 g/mol. The molecule has 3 heteroatoms. The van der Waals surface area contributed by atoms with Crippen LogP contribution in [-0.4, -0.2) is 50.7 Å². The monoisotopic (exact) mass is 272 g/mol. The van der Waals surface area contributed by atoms with Gasteiger partial charge in [-0.25, -0.2) is 0 Å². The fourth-order valence-corrected chi connectivity index (χ4v) is 2.75. The van der Waals surface area contributed by atoms with Crippen molar-refractivity contribution in [2.45, 2.75) is 70.7 Å². The fraction of sp³-hybridized carbons (Fsp3) is 1.00. The molecule has 114 valence electrons. The molecule has 0 aromatic heterocycles. The second-order valence-electron chi connectivity index (χ2n) is 7.18. The summed E-state index contributed by atoms with van der Waals surface area (Å²) in [4.78, 5) is 0. The minimum atomic E-state index is -0.329. The van der Waals surface area contributed by atoms with E-state index >= 15 is 0 Å². The molecule has 1 rings (SSSR count). The van der Waals surface area contributed by atoms with E-state index in [9.17, 15) is 0 Å². The normalized spacial score (nSPS) is 27.9. The second kappa shape index (κ2) is 7.61. The zero-order valence-corrected chi connectivity index (χ0v) is 13.7. The lowest BCUT2D eigenvalue weighted by Gasteiger charge is -2.28. The highest BCUT2D eigenvalue weighted by Crippen LogP contribution is 2.29. The Morgan fingerprint density at radius 3 is 2.32 bits per heavy atom. The van der Waals surface area contributed by atoms with E-state index in [0.717, 1.165) is 24.1 Å². The molecule has 3 nitrogen and oxygen atoms in total. The number of hydrogen-bond donors (Lipinski definition) is 0. The second-order valence-corrected chi connectivity index (χ2v) is 7.18. The van der Waals surface area contributed by atoms with E-state index in [4.69, 9.17) is 9.47 Å². The van der Waals surface area contributed by atoms with Crippen molar-refractivity contribution in [1.29, 1.82) is 0 Å². The van der Waals surface area contributed by atoms with Crippen LogP contribution in [-0.2, 0) is 9.47 Å². The van der Waals surface area contributed by atoms with E-state index in [1.807, 2.05) is 0 Å². The van der Waals surface area contributed by atoms with Gasteiger partial charge < -0.3 is 14.0 Å². The third kappa shape index (κ3) is 7.28. The summed E-state index contributed by atoms with van der Waals surface area (Å²) < 4.78 is 12.9. The number of hydrogen-bond acceptors (Lipinski definition) is 2. The first-order valence-electron chi connectivity index (χ1n) is 7.97. The highest BCUT2D eigenvalue weighted by molar-refractivity contribution is 4.75. The SMILES string of the molecule is CCCCCCCCC1(C)OCC(C[N+](C)(C)C)O1. The molecule has 0 aliphatic carbocycles. The molecule has 0 amide bonds. The van der Waals surface area contributed by atoms with Crippen LogP contribution < -0.4 is 0 Å². The van der Waals surface area contributed by atoms with Crippen LogP contribution in [0.3, 0.4) is 0 Å². The summed E-state index contributed by atoms with van der Waals surface area (Å²) in [6, 6.07) is 0. The van der Waals surface area contributed by atoms with E-state index in [0.29, 0.717) is 0 Å². The fourth-order valence-electron chi connectivity index (χ4n) is 2.75. The summed E-state index contributed by atoms with van der Waals surface area (Å²) in [6.45, 7) is 6.14. The van der Waals surface area contributed by atoms with Crippen molar-refractivity contribution < 1.29 is 14.0 Å². The molecule has 0 aromatic carbocycles. The summed E-state index contributed by atoms with van der Waals surface area (Å²) in [7, 11) is 6.60. The van der Waals surface area contributed by atoms with Gasteiger partial charge in [-0.05, 0) is 13.3 Å². The summed E-state index contributed by atoms with van der Waals surface area (Å²) in [6.07, 6.45) is 9.23. The third-order valence-electron chi connectivity index (χ3n) is 3.73. The molecule has 2 unspecified atom stereocenters. The average Bonchev–Trinajstić information content (AvgIpc) is 2.63. The topological polar surface area (TPSA) is 18.5 Å². The maximum atomic E-state index is 6.11. The number of quaternary nitrogens is 1. The zero-order chi connectivity index (χ0) is 14.4. The molecule has 1 saturated heterocycles. The first-order valence-corrected chi connectivity index (χ1v) is 7.97. The van der Waals surface area contributed by atoms with Gasteiger partial charge in [-0.2, -0.15) is 0 Å².